The maximum Gasteiger partial charge on any atom is 0.122 e. The normalized spacial score (nSPS) is 12.5. The minimum atomic E-state index is 0.242. The predicted molar refractivity (Wildman–Crippen MR) is 106 cm³/mol. The second-order valence-electron chi connectivity index (χ2n) is 6.75. The molecule has 3 rings (SSSR count). The van der Waals surface area contributed by atoms with Crippen LogP contribution in [0.15, 0.2) is 42.5 Å². The molecule has 0 aliphatic rings. The summed E-state index contributed by atoms with van der Waals surface area (Å²) in [6.45, 7) is 7.61. The Kier molecular flexibility index (Phi) is 5.14. The van der Waals surface area contributed by atoms with Gasteiger partial charge >= 0.3 is 0 Å². The summed E-state index contributed by atoms with van der Waals surface area (Å²) < 4.78 is 8.15. The number of para-hydroxylation sites is 1. The Hall–Kier alpha value is -2.26. The first-order chi connectivity index (χ1) is 12.1. The Morgan fingerprint density at radius 2 is 1.88 bits per heavy atom. The van der Waals surface area contributed by atoms with Gasteiger partial charge in [-0.1, -0.05) is 35.9 Å². The number of ether oxygens (including phenoxy) is 1. The summed E-state index contributed by atoms with van der Waals surface area (Å²) in [7, 11) is 2.14. The third-order valence-electron chi connectivity index (χ3n) is 5.17. The van der Waals surface area contributed by atoms with Gasteiger partial charge in [-0.05, 0) is 57.0 Å². The van der Waals surface area contributed by atoms with E-state index in [4.69, 9.17) is 10.5 Å². The number of hydrogen-bond acceptors (Lipinski definition) is 2. The van der Waals surface area contributed by atoms with Crippen molar-refractivity contribution in [2.24, 2.45) is 12.8 Å². The molecule has 0 amide bonds. The monoisotopic (exact) mass is 336 g/mol. The van der Waals surface area contributed by atoms with E-state index in [1.165, 1.54) is 33.3 Å². The van der Waals surface area contributed by atoms with Crippen molar-refractivity contribution in [2.75, 3.05) is 13.2 Å². The zero-order valence-corrected chi connectivity index (χ0v) is 15.7. The summed E-state index contributed by atoms with van der Waals surface area (Å²) in [6.07, 6.45) is 0.924. The molecule has 3 heteroatoms. The summed E-state index contributed by atoms with van der Waals surface area (Å²) in [6, 6.07) is 15.0. The number of hydrogen-bond donors (Lipinski definition) is 1. The predicted octanol–water partition coefficient (Wildman–Crippen LogP) is 4.48. The fraction of sp³-hybridized carbons (Fsp3) is 0.364. The van der Waals surface area contributed by atoms with Gasteiger partial charge in [0.15, 0.2) is 0 Å². The molecule has 0 aliphatic heterocycles. The molecule has 0 saturated heterocycles. The molecule has 2 N–H and O–H groups in total. The second-order valence-corrected chi connectivity index (χ2v) is 6.75. The fourth-order valence-electron chi connectivity index (χ4n) is 3.70. The van der Waals surface area contributed by atoms with Crippen LogP contribution in [0.5, 0.6) is 5.75 Å². The van der Waals surface area contributed by atoms with Crippen molar-refractivity contribution in [2.45, 2.75) is 33.1 Å². The van der Waals surface area contributed by atoms with E-state index in [1.807, 2.05) is 6.92 Å². The van der Waals surface area contributed by atoms with Crippen molar-refractivity contribution in [1.29, 1.82) is 0 Å². The van der Waals surface area contributed by atoms with Crippen LogP contribution < -0.4 is 10.5 Å². The number of rotatable bonds is 6. The third kappa shape index (κ3) is 3.29. The number of nitrogens with zero attached hydrogens (tertiary/aromatic N) is 1. The van der Waals surface area contributed by atoms with Crippen LogP contribution in [0.2, 0.25) is 0 Å². The number of fused-ring (bicyclic) bond motifs is 1. The largest absolute Gasteiger partial charge is 0.494 e. The maximum absolute atomic E-state index is 6.21. The highest BCUT2D eigenvalue weighted by Gasteiger charge is 2.20. The Morgan fingerprint density at radius 1 is 1.12 bits per heavy atom. The van der Waals surface area contributed by atoms with Crippen LogP contribution in [0.25, 0.3) is 10.9 Å². The summed E-state index contributed by atoms with van der Waals surface area (Å²) in [5.41, 5.74) is 12.6. The lowest BCUT2D eigenvalue weighted by molar-refractivity contribution is 0.334. The van der Waals surface area contributed by atoms with E-state index in [-0.39, 0.29) is 5.92 Å². The first-order valence-electron chi connectivity index (χ1n) is 9.03. The second kappa shape index (κ2) is 7.32. The number of aromatic nitrogens is 1. The van der Waals surface area contributed by atoms with Crippen molar-refractivity contribution < 1.29 is 4.74 Å². The van der Waals surface area contributed by atoms with Crippen molar-refractivity contribution in [3.63, 3.8) is 0 Å². The van der Waals surface area contributed by atoms with E-state index in [2.05, 4.69) is 67.9 Å². The Bertz CT molecular complexity index is 879. The van der Waals surface area contributed by atoms with Crippen LogP contribution in [0.4, 0.5) is 0 Å². The van der Waals surface area contributed by atoms with Gasteiger partial charge in [0.2, 0.25) is 0 Å². The van der Waals surface area contributed by atoms with E-state index < -0.39 is 0 Å². The van der Waals surface area contributed by atoms with Crippen LogP contribution in [0, 0.1) is 13.8 Å². The highest BCUT2D eigenvalue weighted by Crippen LogP contribution is 2.34. The van der Waals surface area contributed by atoms with Gasteiger partial charge in [-0.15, -0.1) is 0 Å². The molecule has 0 radical (unpaired) electrons. The van der Waals surface area contributed by atoms with Gasteiger partial charge in [0.1, 0.15) is 5.75 Å². The van der Waals surface area contributed by atoms with Crippen LogP contribution in [0.1, 0.15) is 35.2 Å². The van der Waals surface area contributed by atoms with Crippen LogP contribution in [-0.2, 0) is 13.5 Å². The zero-order valence-electron chi connectivity index (χ0n) is 15.7. The molecule has 0 aliphatic carbocycles. The lowest BCUT2D eigenvalue weighted by Crippen LogP contribution is -2.17. The SMILES string of the molecule is CCOc1ccc(C)cc1C(CN)Cc1c(C)n(C)c2ccccc12. The number of nitrogens with two attached hydrogens (primary N) is 1. The van der Waals surface area contributed by atoms with Crippen molar-refractivity contribution in [3.8, 4) is 5.75 Å². The maximum atomic E-state index is 6.21. The fourth-order valence-corrected chi connectivity index (χ4v) is 3.70. The smallest absolute Gasteiger partial charge is 0.122 e. The summed E-state index contributed by atoms with van der Waals surface area (Å²) in [5, 5.41) is 1.33. The topological polar surface area (TPSA) is 40.2 Å². The van der Waals surface area contributed by atoms with E-state index in [9.17, 15) is 0 Å². The molecule has 1 atom stereocenters. The minimum Gasteiger partial charge on any atom is -0.494 e. The Morgan fingerprint density at radius 3 is 2.60 bits per heavy atom. The molecular formula is C22H28N2O. The Labute approximate surface area is 150 Å². The van der Waals surface area contributed by atoms with Crippen LogP contribution in [0.3, 0.4) is 0 Å². The van der Waals surface area contributed by atoms with Gasteiger partial charge in [-0.25, -0.2) is 0 Å². The molecule has 3 aromatic rings. The average Bonchev–Trinajstić information content (AvgIpc) is 2.86. The van der Waals surface area contributed by atoms with Gasteiger partial charge in [0, 0.05) is 29.6 Å². The van der Waals surface area contributed by atoms with E-state index in [0.29, 0.717) is 13.2 Å². The van der Waals surface area contributed by atoms with E-state index >= 15 is 0 Å². The van der Waals surface area contributed by atoms with E-state index in [0.717, 1.165) is 12.2 Å². The Balaban J connectivity index is 2.05. The molecule has 1 unspecified atom stereocenters. The van der Waals surface area contributed by atoms with Gasteiger partial charge in [-0.2, -0.15) is 0 Å². The summed E-state index contributed by atoms with van der Waals surface area (Å²) >= 11 is 0. The number of benzene rings is 2. The lowest BCUT2D eigenvalue weighted by Gasteiger charge is -2.20. The molecule has 0 spiro atoms. The van der Waals surface area contributed by atoms with Crippen LogP contribution in [-0.4, -0.2) is 17.7 Å². The van der Waals surface area contributed by atoms with Crippen molar-refractivity contribution >= 4 is 10.9 Å². The highest BCUT2D eigenvalue weighted by molar-refractivity contribution is 5.85. The molecule has 25 heavy (non-hydrogen) atoms. The molecule has 1 heterocycles. The van der Waals surface area contributed by atoms with Crippen LogP contribution >= 0.6 is 0 Å². The summed E-state index contributed by atoms with van der Waals surface area (Å²) in [5.74, 6) is 1.20. The minimum absolute atomic E-state index is 0.242. The van der Waals surface area contributed by atoms with Crippen molar-refractivity contribution in [1.82, 2.24) is 4.57 Å². The summed E-state index contributed by atoms with van der Waals surface area (Å²) in [4.78, 5) is 0. The first-order valence-corrected chi connectivity index (χ1v) is 9.03. The highest BCUT2D eigenvalue weighted by atomic mass is 16.5. The zero-order chi connectivity index (χ0) is 18.0. The quantitative estimate of drug-likeness (QED) is 0.721. The van der Waals surface area contributed by atoms with E-state index in [1.54, 1.807) is 0 Å². The third-order valence-corrected chi connectivity index (χ3v) is 5.17. The molecule has 0 fully saturated rings. The van der Waals surface area contributed by atoms with Gasteiger partial charge < -0.3 is 15.0 Å². The molecule has 132 valence electrons. The van der Waals surface area contributed by atoms with Crippen molar-refractivity contribution in [3.05, 3.63) is 64.8 Å². The van der Waals surface area contributed by atoms with Gasteiger partial charge in [0.25, 0.3) is 0 Å². The van der Waals surface area contributed by atoms with Gasteiger partial charge in [0.05, 0.1) is 6.61 Å². The molecule has 0 saturated carbocycles. The molecule has 2 aromatic carbocycles. The average molecular weight is 336 g/mol. The first kappa shape index (κ1) is 17.6. The molecule has 1 aromatic heterocycles. The molecule has 0 bridgehead atoms. The molecule has 3 nitrogen and oxygen atoms in total. The standard InChI is InChI=1S/C22H28N2O/c1-5-25-22-11-10-15(2)12-20(22)17(14-23)13-19-16(3)24(4)21-9-7-6-8-18(19)21/h6-12,17H,5,13-14,23H2,1-4H3. The molecular weight excluding hydrogens is 308 g/mol. The number of aryl methyl sites for hydroxylation is 2. The lowest BCUT2D eigenvalue weighted by atomic mass is 9.89. The van der Waals surface area contributed by atoms with Gasteiger partial charge in [-0.3, -0.25) is 0 Å².